The maximum absolute atomic E-state index is 10.8. The first kappa shape index (κ1) is 7.91. The lowest BCUT2D eigenvalue weighted by Crippen LogP contribution is -2.27. The molecule has 2 aliphatic rings. The number of carbonyl (C=O) groups is 1. The van der Waals surface area contributed by atoms with Crippen LogP contribution in [0.1, 0.15) is 12.8 Å². The monoisotopic (exact) mass is 178 g/mol. The molecule has 0 fully saturated rings. The Morgan fingerprint density at radius 2 is 2.15 bits per heavy atom. The minimum Gasteiger partial charge on any atom is -0.478 e. The van der Waals surface area contributed by atoms with Gasteiger partial charge in [-0.1, -0.05) is 6.08 Å². The van der Waals surface area contributed by atoms with E-state index in [1.54, 1.807) is 12.4 Å². The molecule has 4 heteroatoms. The fourth-order valence-corrected chi connectivity index (χ4v) is 1.52. The van der Waals surface area contributed by atoms with E-state index >= 15 is 0 Å². The minimum atomic E-state index is -0.842. The first-order valence-corrected chi connectivity index (χ1v) is 4.14. The van der Waals surface area contributed by atoms with Gasteiger partial charge in [0.25, 0.3) is 0 Å². The van der Waals surface area contributed by atoms with E-state index in [1.807, 2.05) is 6.08 Å². The van der Waals surface area contributed by atoms with Crippen molar-refractivity contribution in [1.29, 1.82) is 0 Å². The van der Waals surface area contributed by atoms with Gasteiger partial charge in [0.15, 0.2) is 0 Å². The highest BCUT2D eigenvalue weighted by molar-refractivity contribution is 5.89. The fourth-order valence-electron chi connectivity index (χ4n) is 1.52. The van der Waals surface area contributed by atoms with Gasteiger partial charge in [0.1, 0.15) is 0 Å². The summed E-state index contributed by atoms with van der Waals surface area (Å²) in [6.07, 6.45) is 6.82. The summed E-state index contributed by atoms with van der Waals surface area (Å²) in [5.41, 5.74) is 2.02. The van der Waals surface area contributed by atoms with Gasteiger partial charge < -0.3 is 15.7 Å². The van der Waals surface area contributed by atoms with Crippen molar-refractivity contribution < 1.29 is 9.90 Å². The molecule has 13 heavy (non-hydrogen) atoms. The zero-order valence-electron chi connectivity index (χ0n) is 7.00. The molecule has 0 atom stereocenters. The summed E-state index contributed by atoms with van der Waals surface area (Å²) in [7, 11) is 0. The number of hydrogen-bond donors (Lipinski definition) is 3. The van der Waals surface area contributed by atoms with Crippen LogP contribution < -0.4 is 10.6 Å². The first-order valence-electron chi connectivity index (χ1n) is 4.14. The van der Waals surface area contributed by atoms with Crippen LogP contribution in [0.3, 0.4) is 0 Å². The second kappa shape index (κ2) is 2.97. The summed E-state index contributed by atoms with van der Waals surface area (Å²) in [6.45, 7) is 0. The standard InChI is InChI=1S/C9H10N2O2/c12-9(13)6-2-1-3-7-8(6)11-5-4-10-7/h3-5,10-11H,1-2H2,(H,12,13). The van der Waals surface area contributed by atoms with Crippen molar-refractivity contribution in [1.82, 2.24) is 10.6 Å². The summed E-state index contributed by atoms with van der Waals surface area (Å²) in [5, 5.41) is 14.8. The Bertz CT molecular complexity index is 340. The van der Waals surface area contributed by atoms with Crippen molar-refractivity contribution in [3.05, 3.63) is 35.4 Å². The largest absolute Gasteiger partial charge is 0.478 e. The number of carboxylic acid groups (broad SMARTS) is 1. The number of hydrogen-bond acceptors (Lipinski definition) is 3. The molecule has 0 saturated heterocycles. The van der Waals surface area contributed by atoms with Crippen LogP contribution in [0, 0.1) is 0 Å². The van der Waals surface area contributed by atoms with Gasteiger partial charge in [-0.3, -0.25) is 0 Å². The molecule has 0 aromatic heterocycles. The summed E-state index contributed by atoms with van der Waals surface area (Å²) in [5.74, 6) is -0.842. The van der Waals surface area contributed by atoms with Crippen LogP contribution in [0.15, 0.2) is 35.4 Å². The molecule has 0 aromatic rings. The molecule has 0 saturated carbocycles. The molecule has 1 aliphatic carbocycles. The third-order valence-corrected chi connectivity index (χ3v) is 2.12. The molecule has 0 bridgehead atoms. The Kier molecular flexibility index (Phi) is 1.81. The maximum Gasteiger partial charge on any atom is 0.333 e. The number of rotatable bonds is 1. The van der Waals surface area contributed by atoms with Crippen molar-refractivity contribution in [3.8, 4) is 0 Å². The molecule has 3 N–H and O–H groups in total. The van der Waals surface area contributed by atoms with Gasteiger partial charge in [0, 0.05) is 12.4 Å². The Labute approximate surface area is 75.6 Å². The van der Waals surface area contributed by atoms with Gasteiger partial charge in [0.05, 0.1) is 17.0 Å². The summed E-state index contributed by atoms with van der Waals surface area (Å²) >= 11 is 0. The van der Waals surface area contributed by atoms with Gasteiger partial charge in [-0.25, -0.2) is 4.79 Å². The van der Waals surface area contributed by atoms with E-state index in [4.69, 9.17) is 5.11 Å². The number of nitrogens with one attached hydrogen (secondary N) is 2. The molecule has 68 valence electrons. The molecule has 0 aromatic carbocycles. The first-order chi connectivity index (χ1) is 6.29. The predicted molar refractivity (Wildman–Crippen MR) is 47.4 cm³/mol. The summed E-state index contributed by atoms with van der Waals surface area (Å²) < 4.78 is 0. The molecular formula is C9H10N2O2. The molecule has 1 heterocycles. The molecule has 1 aliphatic heterocycles. The molecule has 0 unspecified atom stereocenters. The molecular weight excluding hydrogens is 168 g/mol. The summed E-state index contributed by atoms with van der Waals surface area (Å²) in [4.78, 5) is 10.8. The van der Waals surface area contributed by atoms with Crippen molar-refractivity contribution in [2.45, 2.75) is 12.8 Å². The van der Waals surface area contributed by atoms with E-state index in [0.717, 1.165) is 12.1 Å². The minimum absolute atomic E-state index is 0.453. The van der Waals surface area contributed by atoms with Crippen molar-refractivity contribution in [2.75, 3.05) is 0 Å². The molecule has 2 rings (SSSR count). The SMILES string of the molecule is O=C(O)C1=C2NC=CNC2=CCC1. The normalized spacial score (nSPS) is 19.8. The van der Waals surface area contributed by atoms with Gasteiger partial charge in [-0.15, -0.1) is 0 Å². The summed E-state index contributed by atoms with van der Waals surface area (Å²) in [6, 6.07) is 0. The van der Waals surface area contributed by atoms with Gasteiger partial charge in [0.2, 0.25) is 0 Å². The highest BCUT2D eigenvalue weighted by atomic mass is 16.4. The van der Waals surface area contributed by atoms with Crippen LogP contribution >= 0.6 is 0 Å². The fraction of sp³-hybridized carbons (Fsp3) is 0.222. The second-order valence-electron chi connectivity index (χ2n) is 2.94. The number of aliphatic carboxylic acids is 1. The van der Waals surface area contributed by atoms with Crippen molar-refractivity contribution >= 4 is 5.97 Å². The molecule has 4 nitrogen and oxygen atoms in total. The Morgan fingerprint density at radius 3 is 2.92 bits per heavy atom. The number of allylic oxidation sites excluding steroid dienone is 1. The highest BCUT2D eigenvalue weighted by Gasteiger charge is 2.21. The van der Waals surface area contributed by atoms with Crippen LogP contribution in [0.25, 0.3) is 0 Å². The third kappa shape index (κ3) is 1.30. The number of carboxylic acids is 1. The van der Waals surface area contributed by atoms with E-state index in [2.05, 4.69) is 10.6 Å². The molecule has 0 spiro atoms. The lowest BCUT2D eigenvalue weighted by Gasteiger charge is -2.22. The third-order valence-electron chi connectivity index (χ3n) is 2.12. The quantitative estimate of drug-likeness (QED) is 0.552. The van der Waals surface area contributed by atoms with Gasteiger partial charge in [-0.05, 0) is 12.8 Å². The molecule has 0 radical (unpaired) electrons. The topological polar surface area (TPSA) is 61.4 Å². The van der Waals surface area contributed by atoms with Crippen LogP contribution in [0.2, 0.25) is 0 Å². The average molecular weight is 178 g/mol. The maximum atomic E-state index is 10.8. The smallest absolute Gasteiger partial charge is 0.333 e. The van der Waals surface area contributed by atoms with E-state index in [-0.39, 0.29) is 0 Å². The van der Waals surface area contributed by atoms with Crippen LogP contribution in [0.5, 0.6) is 0 Å². The predicted octanol–water partition coefficient (Wildman–Crippen LogP) is 0.667. The molecule has 0 amide bonds. The van der Waals surface area contributed by atoms with Crippen LogP contribution in [-0.2, 0) is 4.79 Å². The van der Waals surface area contributed by atoms with E-state index in [1.165, 1.54) is 0 Å². The van der Waals surface area contributed by atoms with Crippen LogP contribution in [0.4, 0.5) is 0 Å². The van der Waals surface area contributed by atoms with E-state index in [9.17, 15) is 4.79 Å². The van der Waals surface area contributed by atoms with Gasteiger partial charge >= 0.3 is 5.97 Å². The van der Waals surface area contributed by atoms with E-state index in [0.29, 0.717) is 17.7 Å². The lowest BCUT2D eigenvalue weighted by molar-refractivity contribution is -0.132. The van der Waals surface area contributed by atoms with Gasteiger partial charge in [-0.2, -0.15) is 0 Å². The highest BCUT2D eigenvalue weighted by Crippen LogP contribution is 2.23. The Morgan fingerprint density at radius 1 is 1.38 bits per heavy atom. The zero-order valence-corrected chi connectivity index (χ0v) is 7.00. The zero-order chi connectivity index (χ0) is 9.26. The van der Waals surface area contributed by atoms with Crippen LogP contribution in [-0.4, -0.2) is 11.1 Å². The van der Waals surface area contributed by atoms with Crippen molar-refractivity contribution in [3.63, 3.8) is 0 Å². The average Bonchev–Trinajstić information content (AvgIpc) is 2.17. The van der Waals surface area contributed by atoms with Crippen molar-refractivity contribution in [2.24, 2.45) is 0 Å². The van der Waals surface area contributed by atoms with E-state index < -0.39 is 5.97 Å². The number of fused-ring (bicyclic) bond motifs is 1. The Balaban J connectivity index is 2.43. The lowest BCUT2D eigenvalue weighted by atomic mass is 9.99. The Hall–Kier alpha value is -1.71. The second-order valence-corrected chi connectivity index (χ2v) is 2.94.